The summed E-state index contributed by atoms with van der Waals surface area (Å²) in [6, 6.07) is 3.57. The monoisotopic (exact) mass is 207 g/mol. The van der Waals surface area contributed by atoms with E-state index in [9.17, 15) is 4.39 Å². The first-order valence-corrected chi connectivity index (χ1v) is 5.11. The number of rotatable bonds is 2. The van der Waals surface area contributed by atoms with E-state index in [0.717, 1.165) is 12.0 Å². The summed E-state index contributed by atoms with van der Waals surface area (Å²) in [6.45, 7) is 12.0. The van der Waals surface area contributed by atoms with Gasteiger partial charge in [0, 0.05) is 11.3 Å². The van der Waals surface area contributed by atoms with Crippen LogP contribution in [0.4, 0.5) is 4.39 Å². The van der Waals surface area contributed by atoms with Gasteiger partial charge in [-0.05, 0) is 36.5 Å². The summed E-state index contributed by atoms with van der Waals surface area (Å²) in [5.41, 5.74) is 2.16. The van der Waals surface area contributed by atoms with Gasteiger partial charge in [0.2, 0.25) is 5.95 Å². The Balaban J connectivity index is 2.92. The molecular formula is C13H18FN. The topological polar surface area (TPSA) is 12.9 Å². The van der Waals surface area contributed by atoms with Crippen LogP contribution >= 0.6 is 0 Å². The molecule has 0 atom stereocenters. The lowest BCUT2D eigenvalue weighted by Crippen LogP contribution is -2.06. The maximum atomic E-state index is 13.5. The zero-order valence-corrected chi connectivity index (χ0v) is 9.89. The second-order valence-corrected chi connectivity index (χ2v) is 5.13. The quantitative estimate of drug-likeness (QED) is 0.668. The zero-order valence-electron chi connectivity index (χ0n) is 9.89. The summed E-state index contributed by atoms with van der Waals surface area (Å²) in [7, 11) is 0. The molecule has 0 aromatic carbocycles. The molecule has 1 aromatic heterocycles. The molecule has 0 fully saturated rings. The van der Waals surface area contributed by atoms with Gasteiger partial charge in [-0.25, -0.2) is 4.98 Å². The maximum Gasteiger partial charge on any atom is 0.220 e. The summed E-state index contributed by atoms with van der Waals surface area (Å²) < 4.78 is 13.5. The van der Waals surface area contributed by atoms with Gasteiger partial charge in [0.05, 0.1) is 0 Å². The van der Waals surface area contributed by atoms with Gasteiger partial charge >= 0.3 is 0 Å². The molecule has 15 heavy (non-hydrogen) atoms. The number of aryl methyl sites for hydroxylation is 1. The second kappa shape index (κ2) is 4.13. The molecule has 0 N–H and O–H groups in total. The van der Waals surface area contributed by atoms with Crippen LogP contribution < -0.4 is 0 Å². The number of pyridine rings is 1. The van der Waals surface area contributed by atoms with Gasteiger partial charge in [0.25, 0.3) is 0 Å². The van der Waals surface area contributed by atoms with E-state index in [2.05, 4.69) is 32.3 Å². The highest BCUT2D eigenvalue weighted by Gasteiger charge is 2.15. The lowest BCUT2D eigenvalue weighted by atomic mass is 9.86. The molecule has 0 saturated carbocycles. The molecular weight excluding hydrogens is 189 g/mol. The average Bonchev–Trinajstić information content (AvgIpc) is 1.99. The SMILES string of the molecule is C=C(CC(C)(C)C)c1ccc(C)nc1F. The minimum Gasteiger partial charge on any atom is -0.225 e. The Bertz CT molecular complexity index is 375. The van der Waals surface area contributed by atoms with Gasteiger partial charge in [-0.2, -0.15) is 4.39 Å². The number of hydrogen-bond acceptors (Lipinski definition) is 1. The summed E-state index contributed by atoms with van der Waals surface area (Å²) in [6.07, 6.45) is 0.772. The summed E-state index contributed by atoms with van der Waals surface area (Å²) in [5.74, 6) is -0.413. The van der Waals surface area contributed by atoms with Crippen molar-refractivity contribution in [2.24, 2.45) is 5.41 Å². The van der Waals surface area contributed by atoms with Crippen molar-refractivity contribution in [3.63, 3.8) is 0 Å². The van der Waals surface area contributed by atoms with E-state index in [1.165, 1.54) is 0 Å². The molecule has 1 heterocycles. The molecule has 1 aromatic rings. The van der Waals surface area contributed by atoms with Gasteiger partial charge in [-0.1, -0.05) is 27.4 Å². The third-order valence-corrected chi connectivity index (χ3v) is 2.11. The minimum absolute atomic E-state index is 0.119. The lowest BCUT2D eigenvalue weighted by molar-refractivity contribution is 0.426. The molecule has 0 aliphatic rings. The van der Waals surface area contributed by atoms with Gasteiger partial charge in [0.1, 0.15) is 0 Å². The fourth-order valence-electron chi connectivity index (χ4n) is 1.52. The van der Waals surface area contributed by atoms with Gasteiger partial charge in [-0.3, -0.25) is 0 Å². The molecule has 1 nitrogen and oxygen atoms in total. The Kier molecular flexibility index (Phi) is 3.28. The summed E-state index contributed by atoms with van der Waals surface area (Å²) in [5, 5.41) is 0. The second-order valence-electron chi connectivity index (χ2n) is 5.13. The van der Waals surface area contributed by atoms with Crippen LogP contribution in [0.15, 0.2) is 18.7 Å². The fourth-order valence-corrected chi connectivity index (χ4v) is 1.52. The molecule has 1 rings (SSSR count). The molecule has 82 valence electrons. The molecule has 2 heteroatoms. The van der Waals surface area contributed by atoms with Crippen LogP contribution in [0, 0.1) is 18.3 Å². The van der Waals surface area contributed by atoms with Crippen molar-refractivity contribution in [3.05, 3.63) is 35.9 Å². The van der Waals surface area contributed by atoms with Crippen LogP contribution in [0.2, 0.25) is 0 Å². The average molecular weight is 207 g/mol. The fraction of sp³-hybridized carbons (Fsp3) is 0.462. The maximum absolute atomic E-state index is 13.5. The van der Waals surface area contributed by atoms with Crippen molar-refractivity contribution >= 4 is 5.57 Å². The predicted octanol–water partition coefficient (Wildman–Crippen LogP) is 3.98. The minimum atomic E-state index is -0.413. The first kappa shape index (κ1) is 11.9. The van der Waals surface area contributed by atoms with E-state index in [1.807, 2.05) is 6.07 Å². The van der Waals surface area contributed by atoms with Gasteiger partial charge in [-0.15, -0.1) is 0 Å². The zero-order chi connectivity index (χ0) is 11.6. The number of halogens is 1. The molecule has 0 aliphatic heterocycles. The molecule has 0 radical (unpaired) electrons. The Morgan fingerprint density at radius 2 is 2.00 bits per heavy atom. The number of allylic oxidation sites excluding steroid dienone is 1. The highest BCUT2D eigenvalue weighted by Crippen LogP contribution is 2.29. The Morgan fingerprint density at radius 3 is 2.47 bits per heavy atom. The van der Waals surface area contributed by atoms with Crippen molar-refractivity contribution in [1.29, 1.82) is 0 Å². The van der Waals surface area contributed by atoms with Crippen LogP contribution in [0.5, 0.6) is 0 Å². The van der Waals surface area contributed by atoms with Crippen molar-refractivity contribution in [1.82, 2.24) is 4.98 Å². The number of aromatic nitrogens is 1. The third-order valence-electron chi connectivity index (χ3n) is 2.11. The largest absolute Gasteiger partial charge is 0.225 e. The van der Waals surface area contributed by atoms with Crippen LogP contribution in [0.3, 0.4) is 0 Å². The lowest BCUT2D eigenvalue weighted by Gasteiger charge is -2.19. The first-order chi connectivity index (χ1) is 6.79. The predicted molar refractivity (Wildman–Crippen MR) is 62.0 cm³/mol. The van der Waals surface area contributed by atoms with Crippen LogP contribution in [-0.4, -0.2) is 4.98 Å². The highest BCUT2D eigenvalue weighted by molar-refractivity contribution is 5.63. The van der Waals surface area contributed by atoms with Gasteiger partial charge in [0.15, 0.2) is 0 Å². The van der Waals surface area contributed by atoms with Gasteiger partial charge < -0.3 is 0 Å². The molecule has 0 saturated heterocycles. The molecule has 0 bridgehead atoms. The Morgan fingerprint density at radius 1 is 1.40 bits per heavy atom. The van der Waals surface area contributed by atoms with E-state index in [1.54, 1.807) is 13.0 Å². The van der Waals surface area contributed by atoms with Crippen LogP contribution in [0.1, 0.15) is 38.4 Å². The van der Waals surface area contributed by atoms with E-state index >= 15 is 0 Å². The van der Waals surface area contributed by atoms with Crippen LogP contribution in [-0.2, 0) is 0 Å². The van der Waals surface area contributed by atoms with Crippen LogP contribution in [0.25, 0.3) is 5.57 Å². The third kappa shape index (κ3) is 3.46. The Labute approximate surface area is 91.0 Å². The standard InChI is InChI=1S/C13H18FN/c1-9(8-13(3,4)5)11-7-6-10(2)15-12(11)14/h6-7H,1,8H2,2-5H3. The normalized spacial score (nSPS) is 11.5. The molecule has 0 spiro atoms. The van der Waals surface area contributed by atoms with E-state index in [4.69, 9.17) is 0 Å². The van der Waals surface area contributed by atoms with Crippen molar-refractivity contribution in [2.45, 2.75) is 34.1 Å². The first-order valence-electron chi connectivity index (χ1n) is 5.11. The Hall–Kier alpha value is -1.18. The smallest absolute Gasteiger partial charge is 0.220 e. The summed E-state index contributed by atoms with van der Waals surface area (Å²) >= 11 is 0. The molecule has 0 amide bonds. The number of nitrogens with zero attached hydrogens (tertiary/aromatic N) is 1. The van der Waals surface area contributed by atoms with Crippen molar-refractivity contribution in [2.75, 3.05) is 0 Å². The molecule has 0 unspecified atom stereocenters. The van der Waals surface area contributed by atoms with Crippen molar-refractivity contribution in [3.8, 4) is 0 Å². The highest BCUT2D eigenvalue weighted by atomic mass is 19.1. The summed E-state index contributed by atoms with van der Waals surface area (Å²) in [4.78, 5) is 3.80. The van der Waals surface area contributed by atoms with Crippen molar-refractivity contribution < 1.29 is 4.39 Å². The van der Waals surface area contributed by atoms with E-state index in [-0.39, 0.29) is 5.41 Å². The van der Waals surface area contributed by atoms with E-state index in [0.29, 0.717) is 11.3 Å². The molecule has 0 aliphatic carbocycles. The number of hydrogen-bond donors (Lipinski definition) is 0. The van der Waals surface area contributed by atoms with E-state index < -0.39 is 5.95 Å².